The maximum absolute atomic E-state index is 11.7. The zero-order chi connectivity index (χ0) is 26.6. The van der Waals surface area contributed by atoms with Crippen molar-refractivity contribution in [2.24, 2.45) is 0 Å². The van der Waals surface area contributed by atoms with E-state index in [1.54, 1.807) is 55.5 Å². The molecule has 0 spiro atoms. The number of rotatable bonds is 10. The molecule has 0 unspecified atom stereocenters. The number of hydrogen-bond acceptors (Lipinski definition) is 4. The summed E-state index contributed by atoms with van der Waals surface area (Å²) >= 11 is 24.3. The highest BCUT2D eigenvalue weighted by molar-refractivity contribution is 6.42. The second-order valence-electron chi connectivity index (χ2n) is 8.31. The third kappa shape index (κ3) is 6.67. The fourth-order valence-electron chi connectivity index (χ4n) is 3.67. The molecule has 0 radical (unpaired) electrons. The van der Waals surface area contributed by atoms with Gasteiger partial charge in [-0.15, -0.1) is 0 Å². The molecule has 0 bridgehead atoms. The minimum absolute atomic E-state index is 0.0859. The van der Waals surface area contributed by atoms with Gasteiger partial charge < -0.3 is 19.7 Å². The average Bonchev–Trinajstić information content (AvgIpc) is 2.82. The van der Waals surface area contributed by atoms with E-state index >= 15 is 0 Å². The van der Waals surface area contributed by atoms with Gasteiger partial charge in [0.1, 0.15) is 13.2 Å². The van der Waals surface area contributed by atoms with Crippen molar-refractivity contribution in [3.8, 4) is 11.5 Å². The zero-order valence-corrected chi connectivity index (χ0v) is 22.5. The van der Waals surface area contributed by atoms with Crippen LogP contribution in [0.5, 0.6) is 11.5 Å². The van der Waals surface area contributed by atoms with Gasteiger partial charge in [-0.3, -0.25) is 0 Å². The Labute approximate surface area is 229 Å². The first-order valence-corrected chi connectivity index (χ1v) is 12.3. The van der Waals surface area contributed by atoms with Crippen LogP contribution in [0.1, 0.15) is 35.1 Å². The Bertz CT molecular complexity index is 1290. The molecular formula is C27H24Cl4O5. The molecule has 0 aliphatic heterocycles. The molecular weight excluding hydrogens is 546 g/mol. The molecule has 190 valence electrons. The largest absolute Gasteiger partial charge is 0.485 e. The zero-order valence-electron chi connectivity index (χ0n) is 19.5. The summed E-state index contributed by atoms with van der Waals surface area (Å²) in [6.07, 6.45) is -1.74. The molecule has 5 nitrogen and oxygen atoms in total. The van der Waals surface area contributed by atoms with Gasteiger partial charge in [-0.05, 0) is 54.8 Å². The fourth-order valence-corrected chi connectivity index (χ4v) is 4.31. The van der Waals surface area contributed by atoms with Crippen molar-refractivity contribution in [3.05, 3.63) is 103 Å². The molecule has 3 aromatic rings. The average molecular weight is 570 g/mol. The normalized spacial score (nSPS) is 12.6. The van der Waals surface area contributed by atoms with Gasteiger partial charge in [-0.1, -0.05) is 82.8 Å². The van der Waals surface area contributed by atoms with Crippen LogP contribution >= 0.6 is 46.4 Å². The summed E-state index contributed by atoms with van der Waals surface area (Å²) in [4.78, 5) is 11.7. The summed E-state index contributed by atoms with van der Waals surface area (Å²) < 4.78 is 12.4. The maximum Gasteiger partial charge on any atom is 0.333 e. The summed E-state index contributed by atoms with van der Waals surface area (Å²) in [6, 6.07) is 13.7. The van der Waals surface area contributed by atoms with Crippen LogP contribution < -0.4 is 9.47 Å². The van der Waals surface area contributed by atoms with Gasteiger partial charge in [0.2, 0.25) is 0 Å². The lowest BCUT2D eigenvalue weighted by Crippen LogP contribution is -2.28. The van der Waals surface area contributed by atoms with Crippen LogP contribution in [0, 0.1) is 6.92 Å². The number of carboxylic acid groups (broad SMARTS) is 1. The van der Waals surface area contributed by atoms with Crippen LogP contribution in [0.25, 0.3) is 0 Å². The van der Waals surface area contributed by atoms with Crippen LogP contribution in [0.4, 0.5) is 0 Å². The van der Waals surface area contributed by atoms with Crippen LogP contribution in [0.15, 0.2) is 60.7 Å². The SMILES string of the molecule is C=C(C)[C@H](c1ccc(C)c(OCc2ccc(Cl)c(Cl)c2)c1OCc1ccc(Cl)c(Cl)c1)[C@H](O)C(=O)O. The Balaban J connectivity index is 2.05. The van der Waals surface area contributed by atoms with Gasteiger partial charge in [0.05, 0.1) is 20.1 Å². The van der Waals surface area contributed by atoms with Crippen molar-refractivity contribution >= 4 is 52.4 Å². The summed E-state index contributed by atoms with van der Waals surface area (Å²) in [6.45, 7) is 7.61. The number of aliphatic hydroxyl groups excluding tert-OH is 1. The van der Waals surface area contributed by atoms with E-state index in [1.165, 1.54) is 0 Å². The minimum Gasteiger partial charge on any atom is -0.485 e. The smallest absolute Gasteiger partial charge is 0.333 e. The molecule has 36 heavy (non-hydrogen) atoms. The Morgan fingerprint density at radius 2 is 1.36 bits per heavy atom. The minimum atomic E-state index is -1.74. The van der Waals surface area contributed by atoms with Gasteiger partial charge in [-0.25, -0.2) is 4.79 Å². The van der Waals surface area contributed by atoms with Crippen molar-refractivity contribution in [2.45, 2.75) is 39.1 Å². The number of carboxylic acids is 1. The van der Waals surface area contributed by atoms with E-state index < -0.39 is 18.0 Å². The van der Waals surface area contributed by atoms with Crippen molar-refractivity contribution < 1.29 is 24.5 Å². The Hall–Kier alpha value is -2.41. The molecule has 0 fully saturated rings. The van der Waals surface area contributed by atoms with Gasteiger partial charge >= 0.3 is 5.97 Å². The molecule has 2 atom stereocenters. The summed E-state index contributed by atoms with van der Waals surface area (Å²) in [5.74, 6) is -1.64. The third-order valence-corrected chi connectivity index (χ3v) is 6.99. The van der Waals surface area contributed by atoms with Crippen LogP contribution in [-0.2, 0) is 18.0 Å². The van der Waals surface area contributed by atoms with E-state index in [0.29, 0.717) is 37.0 Å². The molecule has 0 aromatic heterocycles. The number of benzene rings is 3. The number of aliphatic hydroxyl groups is 1. The van der Waals surface area contributed by atoms with Crippen LogP contribution in [0.2, 0.25) is 20.1 Å². The Morgan fingerprint density at radius 1 is 0.861 bits per heavy atom. The Kier molecular flexibility index (Phi) is 9.56. The van der Waals surface area contributed by atoms with Crippen molar-refractivity contribution in [1.82, 2.24) is 0 Å². The number of aliphatic carboxylic acids is 1. The summed E-state index contributed by atoms with van der Waals surface area (Å²) in [7, 11) is 0. The molecule has 0 saturated carbocycles. The van der Waals surface area contributed by atoms with Gasteiger partial charge in [0, 0.05) is 11.5 Å². The number of hydrogen-bond donors (Lipinski definition) is 2. The molecule has 0 heterocycles. The molecule has 0 saturated heterocycles. The fraction of sp³-hybridized carbons (Fsp3) is 0.222. The molecule has 9 heteroatoms. The monoisotopic (exact) mass is 568 g/mol. The molecule has 0 amide bonds. The topological polar surface area (TPSA) is 76.0 Å². The van der Waals surface area contributed by atoms with Crippen molar-refractivity contribution in [1.29, 1.82) is 0 Å². The van der Waals surface area contributed by atoms with E-state index in [-0.39, 0.29) is 19.0 Å². The lowest BCUT2D eigenvalue weighted by Gasteiger charge is -2.26. The first-order valence-electron chi connectivity index (χ1n) is 10.8. The van der Waals surface area contributed by atoms with Gasteiger partial charge in [0.15, 0.2) is 17.6 Å². The highest BCUT2D eigenvalue weighted by Gasteiger charge is 2.32. The predicted molar refractivity (Wildman–Crippen MR) is 144 cm³/mol. The second kappa shape index (κ2) is 12.2. The number of halogens is 4. The summed E-state index contributed by atoms with van der Waals surface area (Å²) in [5, 5.41) is 21.6. The van der Waals surface area contributed by atoms with E-state index in [4.69, 9.17) is 55.9 Å². The Morgan fingerprint density at radius 3 is 1.81 bits per heavy atom. The lowest BCUT2D eigenvalue weighted by molar-refractivity contribution is -0.147. The van der Waals surface area contributed by atoms with E-state index in [9.17, 15) is 15.0 Å². The highest BCUT2D eigenvalue weighted by Crippen LogP contribution is 2.43. The van der Waals surface area contributed by atoms with E-state index in [0.717, 1.165) is 16.7 Å². The van der Waals surface area contributed by atoms with Crippen molar-refractivity contribution in [3.63, 3.8) is 0 Å². The quantitative estimate of drug-likeness (QED) is 0.243. The first-order chi connectivity index (χ1) is 17.0. The van der Waals surface area contributed by atoms with E-state index in [1.807, 2.05) is 6.92 Å². The molecule has 3 aromatic carbocycles. The van der Waals surface area contributed by atoms with Crippen LogP contribution in [-0.4, -0.2) is 22.3 Å². The molecule has 0 aliphatic rings. The van der Waals surface area contributed by atoms with Gasteiger partial charge in [-0.2, -0.15) is 0 Å². The molecule has 3 rings (SSSR count). The predicted octanol–water partition coefficient (Wildman–Crippen LogP) is 7.87. The third-order valence-electron chi connectivity index (χ3n) is 5.51. The molecule has 2 N–H and O–H groups in total. The van der Waals surface area contributed by atoms with Gasteiger partial charge in [0.25, 0.3) is 0 Å². The molecule has 0 aliphatic carbocycles. The maximum atomic E-state index is 11.7. The second-order valence-corrected chi connectivity index (χ2v) is 9.94. The van der Waals surface area contributed by atoms with Crippen LogP contribution in [0.3, 0.4) is 0 Å². The number of aryl methyl sites for hydroxylation is 1. The number of ether oxygens (including phenoxy) is 2. The lowest BCUT2D eigenvalue weighted by atomic mass is 9.86. The standard InChI is InChI=1S/C27H24Cl4O5/c1-14(2)23(24(32)27(33)34)18-7-4-15(3)25(35-12-16-5-8-19(28)21(30)10-16)26(18)36-13-17-6-9-20(29)22(31)11-17/h4-11,23-24,32H,1,12-13H2,2-3H3,(H,33,34)/t23-,24+/m1/s1. The number of carbonyl (C=O) groups is 1. The summed E-state index contributed by atoms with van der Waals surface area (Å²) in [5.41, 5.74) is 3.12. The first kappa shape index (κ1) is 28.2. The van der Waals surface area contributed by atoms with E-state index in [2.05, 4.69) is 6.58 Å². The highest BCUT2D eigenvalue weighted by atomic mass is 35.5. The van der Waals surface area contributed by atoms with Crippen molar-refractivity contribution in [2.75, 3.05) is 0 Å².